The number of carbonyl (C=O) groups excluding carboxylic acids is 1. The lowest BCUT2D eigenvalue weighted by Gasteiger charge is -2.26. The molecule has 12 heteroatoms. The number of nitrogen functional groups attached to an aromatic ring is 1. The van der Waals surface area contributed by atoms with Gasteiger partial charge in [-0.25, -0.2) is 19.2 Å². The van der Waals surface area contributed by atoms with Crippen LogP contribution >= 0.6 is 0 Å². The Bertz CT molecular complexity index is 1330. The second-order valence-electron chi connectivity index (χ2n) is 11.1. The molecule has 0 unspecified atom stereocenters. The van der Waals surface area contributed by atoms with E-state index in [4.69, 9.17) is 21.9 Å². The fourth-order valence-corrected chi connectivity index (χ4v) is 4.38. The van der Waals surface area contributed by atoms with Crippen molar-refractivity contribution in [2.45, 2.75) is 46.6 Å². The van der Waals surface area contributed by atoms with Crippen molar-refractivity contribution in [1.82, 2.24) is 19.8 Å². The summed E-state index contributed by atoms with van der Waals surface area (Å²) in [6.07, 6.45) is 4.75. The van der Waals surface area contributed by atoms with Crippen molar-refractivity contribution in [2.24, 2.45) is 22.4 Å². The number of aliphatic imine (C=N–C) groups is 1. The minimum atomic E-state index is -0.584. The predicted molar refractivity (Wildman–Crippen MR) is 161 cm³/mol. The molecular formula is C29H42FN9O2. The molecule has 2 aromatic rings. The first-order chi connectivity index (χ1) is 19.3. The highest BCUT2D eigenvalue weighted by molar-refractivity contribution is 6.06. The number of amides is 1. The lowest BCUT2D eigenvalue weighted by atomic mass is 9.95. The van der Waals surface area contributed by atoms with E-state index in [-0.39, 0.29) is 29.5 Å². The molecule has 0 atom stereocenters. The number of nitrogens with two attached hydrogens (primary N) is 3. The van der Waals surface area contributed by atoms with Crippen molar-refractivity contribution in [3.63, 3.8) is 0 Å². The van der Waals surface area contributed by atoms with Crippen LogP contribution < -0.4 is 22.5 Å². The minimum absolute atomic E-state index is 0.102. The monoisotopic (exact) mass is 567 g/mol. The first-order valence-corrected chi connectivity index (χ1v) is 13.6. The van der Waals surface area contributed by atoms with Crippen molar-refractivity contribution in [1.29, 1.82) is 0 Å². The number of ether oxygens (including phenoxy) is 1. The summed E-state index contributed by atoms with van der Waals surface area (Å²) in [6.45, 7) is 11.9. The van der Waals surface area contributed by atoms with Crippen molar-refractivity contribution < 1.29 is 13.9 Å². The van der Waals surface area contributed by atoms with E-state index in [1.807, 2.05) is 39.5 Å². The summed E-state index contributed by atoms with van der Waals surface area (Å²) in [4.78, 5) is 28.8. The molecule has 1 aromatic heterocycles. The maximum atomic E-state index is 14.8. The number of rotatable bonds is 7. The van der Waals surface area contributed by atoms with E-state index in [9.17, 15) is 9.18 Å². The first-order valence-electron chi connectivity index (χ1n) is 13.6. The molecule has 0 spiro atoms. The number of nitrogens with one attached hydrogen (secondary N) is 1. The van der Waals surface area contributed by atoms with Gasteiger partial charge in [0.25, 0.3) is 0 Å². The fourth-order valence-electron chi connectivity index (χ4n) is 4.38. The van der Waals surface area contributed by atoms with Crippen LogP contribution in [0.4, 0.5) is 20.8 Å². The number of allylic oxidation sites excluding steroid dienone is 2. The summed E-state index contributed by atoms with van der Waals surface area (Å²) in [5.74, 6) is 0.382. The summed E-state index contributed by atoms with van der Waals surface area (Å²) >= 11 is 0. The van der Waals surface area contributed by atoms with Crippen molar-refractivity contribution in [3.05, 3.63) is 59.6 Å². The predicted octanol–water partition coefficient (Wildman–Crippen LogP) is 3.89. The van der Waals surface area contributed by atoms with Crippen molar-refractivity contribution in [2.75, 3.05) is 44.3 Å². The number of aromatic nitrogens is 2. The van der Waals surface area contributed by atoms with E-state index in [0.29, 0.717) is 43.3 Å². The summed E-state index contributed by atoms with van der Waals surface area (Å²) in [6, 6.07) is 5.19. The van der Waals surface area contributed by atoms with Crippen LogP contribution in [0, 0.1) is 11.7 Å². The minimum Gasteiger partial charge on any atom is -0.444 e. The third-order valence-corrected chi connectivity index (χ3v) is 6.34. The summed E-state index contributed by atoms with van der Waals surface area (Å²) < 4.78 is 20.3. The van der Waals surface area contributed by atoms with Gasteiger partial charge in [0, 0.05) is 55.8 Å². The molecule has 0 radical (unpaired) electrons. The Balaban J connectivity index is 1.72. The van der Waals surface area contributed by atoms with Gasteiger partial charge in [0.1, 0.15) is 17.1 Å². The number of halogens is 1. The van der Waals surface area contributed by atoms with Gasteiger partial charge in [0.15, 0.2) is 5.82 Å². The lowest BCUT2D eigenvalue weighted by Crippen LogP contribution is -2.39. The number of nitrogens with zero attached hydrogens (tertiary/aromatic N) is 5. The van der Waals surface area contributed by atoms with Gasteiger partial charge in [-0.3, -0.25) is 4.99 Å². The van der Waals surface area contributed by atoms with Crippen LogP contribution in [0.1, 0.15) is 46.6 Å². The molecule has 1 aliphatic heterocycles. The number of hydrogen-bond acceptors (Lipinski definition) is 10. The Morgan fingerprint density at radius 2 is 1.83 bits per heavy atom. The molecule has 0 bridgehead atoms. The van der Waals surface area contributed by atoms with Gasteiger partial charge < -0.3 is 37.1 Å². The highest BCUT2D eigenvalue weighted by Gasteiger charge is 2.24. The Morgan fingerprint density at radius 3 is 2.49 bits per heavy atom. The van der Waals surface area contributed by atoms with E-state index >= 15 is 0 Å². The standard InChI is InChI=1S/C29H42FN9O2/c1-18(2)25(34-6)20-16-19(8-9-22(20)31)26-21(30)17-35-27(37-26)36-23(32)10-11-24(33)38-12-7-13-39(15-14-38)28(40)41-29(3,4)5/h8-11,16-18H,7,12-15,31-33H2,1-6H3,(H,35,36,37)/b23-10+,24-11+,34-25?. The molecule has 2 heterocycles. The van der Waals surface area contributed by atoms with Crippen molar-refractivity contribution in [3.8, 4) is 11.3 Å². The van der Waals surface area contributed by atoms with Crippen LogP contribution in [0.15, 0.2) is 53.2 Å². The molecule has 3 rings (SSSR count). The quantitative estimate of drug-likeness (QED) is 0.221. The molecule has 41 heavy (non-hydrogen) atoms. The van der Waals surface area contributed by atoms with Crippen LogP contribution in [-0.2, 0) is 4.74 Å². The number of benzene rings is 1. The fraction of sp³-hybridized carbons (Fsp3) is 0.448. The average molecular weight is 568 g/mol. The van der Waals surface area contributed by atoms with Gasteiger partial charge in [0.2, 0.25) is 5.95 Å². The number of carbonyl (C=O) groups is 1. The van der Waals surface area contributed by atoms with E-state index in [1.165, 1.54) is 0 Å². The topological polar surface area (TPSA) is 161 Å². The van der Waals surface area contributed by atoms with E-state index in [0.717, 1.165) is 23.9 Å². The highest BCUT2D eigenvalue weighted by Crippen LogP contribution is 2.27. The lowest BCUT2D eigenvalue weighted by molar-refractivity contribution is 0.0259. The largest absolute Gasteiger partial charge is 0.444 e. The molecule has 7 N–H and O–H groups in total. The van der Waals surface area contributed by atoms with Crippen LogP contribution in [0.5, 0.6) is 0 Å². The van der Waals surface area contributed by atoms with Gasteiger partial charge in [-0.05, 0) is 57.4 Å². The average Bonchev–Trinajstić information content (AvgIpc) is 3.15. The molecule has 11 nitrogen and oxygen atoms in total. The molecule has 1 aromatic carbocycles. The van der Waals surface area contributed by atoms with Gasteiger partial charge in [0.05, 0.1) is 12.0 Å². The highest BCUT2D eigenvalue weighted by atomic mass is 19.1. The zero-order valence-electron chi connectivity index (χ0n) is 24.7. The molecule has 222 valence electrons. The summed E-state index contributed by atoms with van der Waals surface area (Å²) in [5, 5.41) is 2.89. The van der Waals surface area contributed by atoms with Gasteiger partial charge in [-0.2, -0.15) is 0 Å². The molecule has 1 amide bonds. The first kappa shape index (κ1) is 31.2. The Hall–Kier alpha value is -4.35. The van der Waals surface area contributed by atoms with E-state index < -0.39 is 11.4 Å². The van der Waals surface area contributed by atoms with Crippen LogP contribution in [-0.4, -0.2) is 70.4 Å². The Labute approximate surface area is 241 Å². The smallest absolute Gasteiger partial charge is 0.410 e. The molecule has 1 aliphatic rings. The normalized spacial score (nSPS) is 15.7. The van der Waals surface area contributed by atoms with Crippen LogP contribution in [0.2, 0.25) is 0 Å². The SMILES string of the molecule is CN=C(c1cc(-c2nc(N/C(N)=C/C=C(\N)N3CCCN(C(=O)OC(C)(C)C)CC3)ncc2F)ccc1N)C(C)C. The number of hydrogen-bond donors (Lipinski definition) is 4. The Kier molecular flexibility index (Phi) is 10.1. The van der Waals surface area contributed by atoms with E-state index in [2.05, 4.69) is 20.3 Å². The number of anilines is 2. The molecular weight excluding hydrogens is 525 g/mol. The summed E-state index contributed by atoms with van der Waals surface area (Å²) in [5.41, 5.74) is 20.8. The maximum Gasteiger partial charge on any atom is 0.410 e. The second kappa shape index (κ2) is 13.3. The molecule has 0 aliphatic carbocycles. The van der Waals surface area contributed by atoms with Crippen LogP contribution in [0.3, 0.4) is 0 Å². The third kappa shape index (κ3) is 8.57. The Morgan fingerprint density at radius 1 is 1.15 bits per heavy atom. The van der Waals surface area contributed by atoms with Gasteiger partial charge >= 0.3 is 6.09 Å². The van der Waals surface area contributed by atoms with Crippen molar-refractivity contribution >= 4 is 23.4 Å². The van der Waals surface area contributed by atoms with Gasteiger partial charge in [-0.15, -0.1) is 0 Å². The molecule has 0 saturated carbocycles. The second-order valence-corrected chi connectivity index (χ2v) is 11.1. The summed E-state index contributed by atoms with van der Waals surface area (Å²) in [7, 11) is 1.70. The molecule has 1 saturated heterocycles. The van der Waals surface area contributed by atoms with Crippen LogP contribution in [0.25, 0.3) is 11.3 Å². The zero-order chi connectivity index (χ0) is 30.3. The van der Waals surface area contributed by atoms with E-state index in [1.54, 1.807) is 42.3 Å². The van der Waals surface area contributed by atoms with Gasteiger partial charge in [-0.1, -0.05) is 19.9 Å². The maximum absolute atomic E-state index is 14.8. The zero-order valence-corrected chi connectivity index (χ0v) is 24.7. The third-order valence-electron chi connectivity index (χ3n) is 6.34. The molecule has 1 fully saturated rings.